The highest BCUT2D eigenvalue weighted by Crippen LogP contribution is 2.36. The number of fused-ring (bicyclic) bond motifs is 1. The van der Waals surface area contributed by atoms with E-state index in [4.69, 9.17) is 4.42 Å². The molecule has 0 bridgehead atoms. The number of nitrogens with zero attached hydrogens (tertiary/aromatic N) is 2. The van der Waals surface area contributed by atoms with E-state index < -0.39 is 6.04 Å². The Bertz CT molecular complexity index is 1030. The number of nitrogens with one attached hydrogen (secondary N) is 1. The molecule has 28 heavy (non-hydrogen) atoms. The van der Waals surface area contributed by atoms with Gasteiger partial charge in [0.05, 0.1) is 11.7 Å². The van der Waals surface area contributed by atoms with E-state index in [9.17, 15) is 9.59 Å². The summed E-state index contributed by atoms with van der Waals surface area (Å²) in [5.74, 6) is 0.110. The molecule has 0 fully saturated rings. The number of rotatable bonds is 3. The van der Waals surface area contributed by atoms with E-state index >= 15 is 0 Å². The van der Waals surface area contributed by atoms with Crippen LogP contribution < -0.4 is 5.32 Å². The predicted octanol–water partition coefficient (Wildman–Crippen LogP) is 3.73. The quantitative estimate of drug-likeness (QED) is 0.757. The number of aryl methyl sites for hydroxylation is 2. The second-order valence-corrected chi connectivity index (χ2v) is 6.76. The largest absolute Gasteiger partial charge is 0.435 e. The highest BCUT2D eigenvalue weighted by Gasteiger charge is 2.35. The van der Waals surface area contributed by atoms with Gasteiger partial charge in [-0.15, -0.1) is 0 Å². The van der Waals surface area contributed by atoms with Crippen molar-refractivity contribution in [3.8, 4) is 0 Å². The SMILES string of the molecule is CCc1nc(C)c(C(=O)N2CC(=O)Nc3ccccc3[C@@H]2c2ccccc2)o1. The van der Waals surface area contributed by atoms with Gasteiger partial charge in [0.1, 0.15) is 6.54 Å². The second-order valence-electron chi connectivity index (χ2n) is 6.76. The van der Waals surface area contributed by atoms with Gasteiger partial charge in [0.15, 0.2) is 5.89 Å². The fourth-order valence-electron chi connectivity index (χ4n) is 3.57. The molecule has 0 radical (unpaired) electrons. The normalized spacial score (nSPS) is 16.3. The van der Waals surface area contributed by atoms with E-state index in [1.165, 1.54) is 0 Å². The van der Waals surface area contributed by atoms with Gasteiger partial charge in [0, 0.05) is 17.7 Å². The lowest BCUT2D eigenvalue weighted by Crippen LogP contribution is -2.39. The van der Waals surface area contributed by atoms with E-state index in [-0.39, 0.29) is 24.1 Å². The molecular weight excluding hydrogens is 354 g/mol. The maximum absolute atomic E-state index is 13.5. The van der Waals surface area contributed by atoms with Crippen LogP contribution in [0.3, 0.4) is 0 Å². The highest BCUT2D eigenvalue weighted by atomic mass is 16.4. The average Bonchev–Trinajstić information content (AvgIpc) is 3.02. The zero-order valence-electron chi connectivity index (χ0n) is 15.8. The Balaban J connectivity index is 1.86. The van der Waals surface area contributed by atoms with E-state index in [2.05, 4.69) is 10.3 Å². The minimum absolute atomic E-state index is 0.0747. The first-order valence-electron chi connectivity index (χ1n) is 9.29. The zero-order valence-corrected chi connectivity index (χ0v) is 15.8. The summed E-state index contributed by atoms with van der Waals surface area (Å²) in [6.45, 7) is 3.59. The minimum Gasteiger partial charge on any atom is -0.435 e. The first kappa shape index (κ1) is 18.0. The van der Waals surface area contributed by atoms with Crippen LogP contribution in [0.5, 0.6) is 0 Å². The van der Waals surface area contributed by atoms with Crippen molar-refractivity contribution in [3.05, 3.63) is 83.1 Å². The summed E-state index contributed by atoms with van der Waals surface area (Å²) in [7, 11) is 0. The van der Waals surface area contributed by atoms with Crippen molar-refractivity contribution < 1.29 is 14.0 Å². The van der Waals surface area contributed by atoms with Gasteiger partial charge in [-0.25, -0.2) is 4.98 Å². The third-order valence-corrected chi connectivity index (χ3v) is 4.87. The molecule has 3 aromatic rings. The van der Waals surface area contributed by atoms with Crippen LogP contribution in [0, 0.1) is 6.92 Å². The topological polar surface area (TPSA) is 75.4 Å². The van der Waals surface area contributed by atoms with Crippen LogP contribution in [0.1, 0.15) is 46.2 Å². The third kappa shape index (κ3) is 3.17. The molecule has 0 saturated heterocycles. The van der Waals surface area contributed by atoms with Gasteiger partial charge < -0.3 is 14.6 Å². The van der Waals surface area contributed by atoms with Gasteiger partial charge in [-0.2, -0.15) is 0 Å². The molecule has 4 rings (SSSR count). The Labute approximate surface area is 163 Å². The number of hydrogen-bond acceptors (Lipinski definition) is 4. The number of para-hydroxylation sites is 1. The van der Waals surface area contributed by atoms with E-state index in [0.29, 0.717) is 23.7 Å². The number of oxazole rings is 1. The van der Waals surface area contributed by atoms with Crippen LogP contribution in [-0.4, -0.2) is 28.2 Å². The van der Waals surface area contributed by atoms with E-state index in [1.807, 2.05) is 61.5 Å². The smallest absolute Gasteiger partial charge is 0.292 e. The van der Waals surface area contributed by atoms with Gasteiger partial charge in [0.25, 0.3) is 5.91 Å². The molecule has 2 amide bonds. The lowest BCUT2D eigenvalue weighted by Gasteiger charge is -2.30. The summed E-state index contributed by atoms with van der Waals surface area (Å²) >= 11 is 0. The number of amides is 2. The molecular formula is C22H21N3O3. The Morgan fingerprint density at radius 3 is 2.61 bits per heavy atom. The van der Waals surface area contributed by atoms with Gasteiger partial charge in [-0.1, -0.05) is 55.5 Å². The van der Waals surface area contributed by atoms with Crippen molar-refractivity contribution in [2.24, 2.45) is 0 Å². The third-order valence-electron chi connectivity index (χ3n) is 4.87. The highest BCUT2D eigenvalue weighted by molar-refractivity contribution is 6.00. The molecule has 6 heteroatoms. The number of anilines is 1. The summed E-state index contributed by atoms with van der Waals surface area (Å²) in [6, 6.07) is 16.8. The molecule has 0 saturated carbocycles. The molecule has 1 N–H and O–H groups in total. The summed E-state index contributed by atoms with van der Waals surface area (Å²) in [4.78, 5) is 31.9. The molecule has 6 nitrogen and oxygen atoms in total. The summed E-state index contributed by atoms with van der Waals surface area (Å²) in [6.07, 6.45) is 0.597. The Morgan fingerprint density at radius 2 is 1.89 bits per heavy atom. The Kier molecular flexibility index (Phi) is 4.69. The molecule has 1 aliphatic rings. The lowest BCUT2D eigenvalue weighted by molar-refractivity contribution is -0.117. The Morgan fingerprint density at radius 1 is 1.18 bits per heavy atom. The molecule has 0 aliphatic carbocycles. The second kappa shape index (κ2) is 7.31. The van der Waals surface area contributed by atoms with Crippen LogP contribution >= 0.6 is 0 Å². The number of hydrogen-bond donors (Lipinski definition) is 1. The number of carbonyl (C=O) groups is 2. The van der Waals surface area contributed by atoms with Crippen molar-refractivity contribution in [2.45, 2.75) is 26.3 Å². The fourth-order valence-corrected chi connectivity index (χ4v) is 3.57. The molecule has 142 valence electrons. The van der Waals surface area contributed by atoms with Crippen molar-refractivity contribution in [1.29, 1.82) is 0 Å². The average molecular weight is 375 g/mol. The van der Waals surface area contributed by atoms with Crippen LogP contribution in [0.15, 0.2) is 59.0 Å². The van der Waals surface area contributed by atoms with Gasteiger partial charge in [-0.3, -0.25) is 9.59 Å². The maximum Gasteiger partial charge on any atom is 0.292 e. The van der Waals surface area contributed by atoms with Gasteiger partial charge >= 0.3 is 0 Å². The van der Waals surface area contributed by atoms with Gasteiger partial charge in [0.2, 0.25) is 11.7 Å². The lowest BCUT2D eigenvalue weighted by atomic mass is 9.95. The zero-order chi connectivity index (χ0) is 19.7. The fraction of sp³-hybridized carbons (Fsp3) is 0.227. The number of carbonyl (C=O) groups excluding carboxylic acids is 2. The van der Waals surface area contributed by atoms with Crippen LogP contribution in [-0.2, 0) is 11.2 Å². The minimum atomic E-state index is -0.418. The van der Waals surface area contributed by atoms with Crippen LogP contribution in [0.25, 0.3) is 0 Å². The van der Waals surface area contributed by atoms with Crippen molar-refractivity contribution >= 4 is 17.5 Å². The van der Waals surface area contributed by atoms with Crippen LogP contribution in [0.2, 0.25) is 0 Å². The Hall–Kier alpha value is -3.41. The maximum atomic E-state index is 13.5. The molecule has 2 heterocycles. The van der Waals surface area contributed by atoms with Crippen LogP contribution in [0.4, 0.5) is 5.69 Å². The summed E-state index contributed by atoms with van der Waals surface area (Å²) in [5.41, 5.74) is 3.03. The first-order chi connectivity index (χ1) is 13.6. The van der Waals surface area contributed by atoms with E-state index in [1.54, 1.807) is 11.8 Å². The molecule has 1 aromatic heterocycles. The first-order valence-corrected chi connectivity index (χ1v) is 9.29. The summed E-state index contributed by atoms with van der Waals surface area (Å²) < 4.78 is 5.69. The van der Waals surface area contributed by atoms with Crippen molar-refractivity contribution in [3.63, 3.8) is 0 Å². The monoisotopic (exact) mass is 375 g/mol. The van der Waals surface area contributed by atoms with E-state index in [0.717, 1.165) is 11.1 Å². The van der Waals surface area contributed by atoms with Crippen molar-refractivity contribution in [1.82, 2.24) is 9.88 Å². The standard InChI is InChI=1S/C22H21N3O3/c1-3-19-23-14(2)21(28-19)22(27)25-13-18(26)24-17-12-8-7-11-16(17)20(25)15-9-5-4-6-10-15/h4-12,20H,3,13H2,1-2H3,(H,24,26)/t20-/m0/s1. The summed E-state index contributed by atoms with van der Waals surface area (Å²) in [5, 5.41) is 2.91. The van der Waals surface area contributed by atoms with Crippen molar-refractivity contribution in [2.75, 3.05) is 11.9 Å². The predicted molar refractivity (Wildman–Crippen MR) is 105 cm³/mol. The number of aromatic nitrogens is 1. The molecule has 1 atom stereocenters. The molecule has 0 spiro atoms. The molecule has 1 aliphatic heterocycles. The number of benzene rings is 2. The van der Waals surface area contributed by atoms with Gasteiger partial charge in [-0.05, 0) is 18.6 Å². The molecule has 2 aromatic carbocycles. The molecule has 0 unspecified atom stereocenters.